The molecule has 0 radical (unpaired) electrons. The first-order valence-corrected chi connectivity index (χ1v) is 16.4. The number of phenolic OH excluding ortho intramolecular Hbond substituents is 1. The number of alkyl halides is 1. The molecule has 50 heavy (non-hydrogen) atoms. The predicted molar refractivity (Wildman–Crippen MR) is 182 cm³/mol. The standard InChI is InChI=1S/C29H24F2N6O4.C7H12FN/c1-13(17-5-4-8-33-26(17)32)37-9-10-41-28-22-25(35-29(40-3)36-27(22)37)23(31)24(34-28)18-12-16(39)11-15-6-7-19(30)20(14(2)38)21(15)18;8-6-4-7-2-1-3-9(7)5-6/h4-8,11-13,39H,9-10H2,1-3H3,(H2,32,33);6-7H,1-5H2. The van der Waals surface area contributed by atoms with E-state index in [0.717, 1.165) is 24.6 Å². The number of nitrogens with zero attached hydrogens (tertiary/aromatic N) is 6. The van der Waals surface area contributed by atoms with E-state index >= 15 is 4.39 Å². The van der Waals surface area contributed by atoms with E-state index in [0.29, 0.717) is 36.2 Å². The number of pyridine rings is 2. The largest absolute Gasteiger partial charge is 0.508 e. The van der Waals surface area contributed by atoms with Crippen molar-refractivity contribution < 1.29 is 32.5 Å². The number of ether oxygens (including phenoxy) is 2. The number of phenols is 1. The molecular weight excluding hydrogens is 651 g/mol. The zero-order valence-electron chi connectivity index (χ0n) is 27.8. The number of nitrogens with two attached hydrogens (primary N) is 1. The average molecular weight is 688 g/mol. The Bertz CT molecular complexity index is 2120. The van der Waals surface area contributed by atoms with Gasteiger partial charge in [-0.05, 0) is 69.3 Å². The van der Waals surface area contributed by atoms with E-state index in [2.05, 4.69) is 24.8 Å². The Balaban J connectivity index is 0.000000375. The number of carbonyl (C=O) groups excluding carboxylic acids is 1. The summed E-state index contributed by atoms with van der Waals surface area (Å²) in [6.45, 7) is 5.45. The van der Waals surface area contributed by atoms with Gasteiger partial charge < -0.3 is 25.2 Å². The number of hydrogen-bond donors (Lipinski definition) is 2. The quantitative estimate of drug-likeness (QED) is 0.205. The third-order valence-corrected chi connectivity index (χ3v) is 9.65. The molecule has 6 heterocycles. The summed E-state index contributed by atoms with van der Waals surface area (Å²) in [4.78, 5) is 34.2. The number of Topliss-reactive ketones (excluding diaryl/α,β-unsaturated/α-hetero) is 1. The van der Waals surface area contributed by atoms with Crippen LogP contribution in [0.25, 0.3) is 32.9 Å². The highest BCUT2D eigenvalue weighted by atomic mass is 19.1. The number of ketones is 1. The number of benzene rings is 2. The second-order valence-electron chi connectivity index (χ2n) is 12.7. The molecule has 3 aliphatic rings. The number of fused-ring (bicyclic) bond motifs is 2. The summed E-state index contributed by atoms with van der Waals surface area (Å²) in [5, 5.41) is 11.1. The number of hydrogen-bond acceptors (Lipinski definition) is 11. The molecule has 3 N–H and O–H groups in total. The van der Waals surface area contributed by atoms with Crippen molar-refractivity contribution in [2.45, 2.75) is 51.4 Å². The van der Waals surface area contributed by atoms with Gasteiger partial charge in [0.05, 0.1) is 25.3 Å². The Morgan fingerprint density at radius 1 is 1.14 bits per heavy atom. The molecule has 3 aromatic heterocycles. The fourth-order valence-electron chi connectivity index (χ4n) is 7.34. The molecule has 5 aromatic rings. The molecule has 0 amide bonds. The molecule has 14 heteroatoms. The first-order valence-electron chi connectivity index (χ1n) is 16.4. The second kappa shape index (κ2) is 13.2. The highest BCUT2D eigenvalue weighted by Gasteiger charge is 2.35. The molecule has 2 saturated heterocycles. The third kappa shape index (κ3) is 5.86. The van der Waals surface area contributed by atoms with Gasteiger partial charge in [-0.25, -0.2) is 23.1 Å². The average Bonchev–Trinajstić information content (AvgIpc) is 3.62. The molecule has 3 aliphatic heterocycles. The minimum absolute atomic E-state index is 0.000633. The normalized spacial score (nSPS) is 19.0. The number of aromatic nitrogens is 4. The van der Waals surface area contributed by atoms with Crippen molar-refractivity contribution in [1.29, 1.82) is 0 Å². The molecule has 2 aromatic carbocycles. The number of nitrogen functional groups attached to an aromatic ring is 1. The van der Waals surface area contributed by atoms with Gasteiger partial charge in [-0.2, -0.15) is 9.97 Å². The van der Waals surface area contributed by atoms with Crippen LogP contribution in [0.2, 0.25) is 0 Å². The highest BCUT2D eigenvalue weighted by Crippen LogP contribution is 2.44. The molecular formula is C36H36F3N7O4. The summed E-state index contributed by atoms with van der Waals surface area (Å²) >= 11 is 0. The van der Waals surface area contributed by atoms with Crippen molar-refractivity contribution >= 4 is 39.1 Å². The molecule has 0 aliphatic carbocycles. The zero-order valence-corrected chi connectivity index (χ0v) is 27.8. The van der Waals surface area contributed by atoms with Crippen molar-refractivity contribution in [1.82, 2.24) is 24.8 Å². The SMILES string of the molecule is COc1nc2c3c(nc(-c4cc(O)cc5ccc(F)c(C(C)=O)c45)c(F)c3n1)OCCN2C(C)c1cccnc1N.FC1CC2CCCN2C1. The van der Waals surface area contributed by atoms with E-state index in [1.54, 1.807) is 12.3 Å². The molecule has 0 saturated carbocycles. The van der Waals surface area contributed by atoms with Crippen LogP contribution in [0.1, 0.15) is 55.1 Å². The van der Waals surface area contributed by atoms with Crippen molar-refractivity contribution in [3.63, 3.8) is 0 Å². The summed E-state index contributed by atoms with van der Waals surface area (Å²) in [6.07, 6.45) is 4.40. The zero-order chi connectivity index (χ0) is 35.3. The fraction of sp³-hybridized carbons (Fsp3) is 0.361. The summed E-state index contributed by atoms with van der Waals surface area (Å²) in [5.41, 5.74) is 6.19. The van der Waals surface area contributed by atoms with E-state index in [1.165, 1.54) is 45.1 Å². The number of carbonyl (C=O) groups is 1. The van der Waals surface area contributed by atoms with Gasteiger partial charge in [0, 0.05) is 35.3 Å². The van der Waals surface area contributed by atoms with Crippen LogP contribution in [0.15, 0.2) is 42.6 Å². The van der Waals surface area contributed by atoms with Gasteiger partial charge >= 0.3 is 6.01 Å². The fourth-order valence-corrected chi connectivity index (χ4v) is 7.34. The van der Waals surface area contributed by atoms with Gasteiger partial charge in [0.25, 0.3) is 0 Å². The van der Waals surface area contributed by atoms with Crippen LogP contribution in [0, 0.1) is 11.6 Å². The molecule has 260 valence electrons. The molecule has 2 fully saturated rings. The first-order chi connectivity index (χ1) is 24.0. The van der Waals surface area contributed by atoms with Crippen LogP contribution in [-0.2, 0) is 0 Å². The van der Waals surface area contributed by atoms with Gasteiger partial charge in [0.2, 0.25) is 5.88 Å². The van der Waals surface area contributed by atoms with Crippen LogP contribution in [0.5, 0.6) is 17.6 Å². The minimum Gasteiger partial charge on any atom is -0.508 e. The van der Waals surface area contributed by atoms with Gasteiger partial charge in [0.1, 0.15) is 52.6 Å². The molecule has 0 bridgehead atoms. The van der Waals surface area contributed by atoms with Crippen LogP contribution in [0.4, 0.5) is 24.8 Å². The van der Waals surface area contributed by atoms with Gasteiger partial charge in [-0.1, -0.05) is 12.1 Å². The smallest absolute Gasteiger partial charge is 0.318 e. The topological polar surface area (TPSA) is 140 Å². The lowest BCUT2D eigenvalue weighted by Crippen LogP contribution is -2.31. The van der Waals surface area contributed by atoms with E-state index in [1.807, 2.05) is 17.9 Å². The van der Waals surface area contributed by atoms with Crippen LogP contribution < -0.4 is 20.1 Å². The molecule has 3 atom stereocenters. The number of halogens is 3. The highest BCUT2D eigenvalue weighted by molar-refractivity contribution is 6.13. The molecule has 8 rings (SSSR count). The lowest BCUT2D eigenvalue weighted by molar-refractivity contribution is 0.101. The molecule has 3 unspecified atom stereocenters. The molecule has 11 nitrogen and oxygen atoms in total. The number of methoxy groups -OCH3 is 1. The minimum atomic E-state index is -0.893. The third-order valence-electron chi connectivity index (χ3n) is 9.65. The lowest BCUT2D eigenvalue weighted by atomic mass is 9.94. The summed E-state index contributed by atoms with van der Waals surface area (Å²) in [5.74, 6) is -1.79. The van der Waals surface area contributed by atoms with Crippen molar-refractivity contribution in [2.75, 3.05) is 44.0 Å². The maximum absolute atomic E-state index is 16.6. The van der Waals surface area contributed by atoms with Crippen LogP contribution in [-0.4, -0.2) is 81.3 Å². The Morgan fingerprint density at radius 2 is 1.96 bits per heavy atom. The van der Waals surface area contributed by atoms with E-state index < -0.39 is 23.6 Å². The Hall–Kier alpha value is -5.24. The second-order valence-corrected chi connectivity index (χ2v) is 12.7. The van der Waals surface area contributed by atoms with Crippen molar-refractivity contribution in [3.8, 4) is 28.9 Å². The Morgan fingerprint density at radius 3 is 2.70 bits per heavy atom. The predicted octanol–water partition coefficient (Wildman–Crippen LogP) is 6.17. The van der Waals surface area contributed by atoms with Crippen LogP contribution in [0.3, 0.4) is 0 Å². The van der Waals surface area contributed by atoms with Crippen molar-refractivity contribution in [2.24, 2.45) is 0 Å². The Kier molecular flexibility index (Phi) is 8.80. The lowest BCUT2D eigenvalue weighted by Gasteiger charge is -2.30. The monoisotopic (exact) mass is 687 g/mol. The summed E-state index contributed by atoms with van der Waals surface area (Å²) in [6, 6.07) is 8.89. The van der Waals surface area contributed by atoms with Crippen LogP contribution >= 0.6 is 0 Å². The van der Waals surface area contributed by atoms with Gasteiger partial charge in [0.15, 0.2) is 11.6 Å². The maximum Gasteiger partial charge on any atom is 0.318 e. The number of rotatable bonds is 5. The summed E-state index contributed by atoms with van der Waals surface area (Å²) < 4.78 is 55.4. The maximum atomic E-state index is 16.6. The van der Waals surface area contributed by atoms with Gasteiger partial charge in [-0.15, -0.1) is 0 Å². The van der Waals surface area contributed by atoms with E-state index in [-0.39, 0.29) is 63.4 Å². The number of aromatic hydroxyl groups is 1. The summed E-state index contributed by atoms with van der Waals surface area (Å²) in [7, 11) is 1.36. The van der Waals surface area contributed by atoms with E-state index in [4.69, 9.17) is 15.2 Å². The molecule has 0 spiro atoms. The van der Waals surface area contributed by atoms with Gasteiger partial charge in [-0.3, -0.25) is 9.69 Å². The van der Waals surface area contributed by atoms with E-state index in [9.17, 15) is 18.7 Å². The number of anilines is 2. The first kappa shape index (κ1) is 33.3. The Labute approximate surface area is 285 Å². The van der Waals surface area contributed by atoms with Crippen molar-refractivity contribution in [3.05, 3.63) is 65.4 Å².